The van der Waals surface area contributed by atoms with Crippen molar-refractivity contribution in [2.24, 2.45) is 0 Å². The number of ether oxygens (including phenoxy) is 1. The van der Waals surface area contributed by atoms with Gasteiger partial charge < -0.3 is 9.64 Å². The monoisotopic (exact) mass is 368 g/mol. The van der Waals surface area contributed by atoms with Gasteiger partial charge in [0.2, 0.25) is 0 Å². The number of amides is 1. The number of thiazole rings is 1. The first kappa shape index (κ1) is 16.9. The fraction of sp³-hybridized carbons (Fsp3) is 0.316. The van der Waals surface area contributed by atoms with Crippen LogP contribution >= 0.6 is 11.3 Å². The van der Waals surface area contributed by atoms with Crippen LogP contribution in [0, 0.1) is 6.92 Å². The van der Waals surface area contributed by atoms with E-state index < -0.39 is 0 Å². The smallest absolute Gasteiger partial charge is 0.259 e. The van der Waals surface area contributed by atoms with E-state index in [0.29, 0.717) is 16.4 Å². The molecule has 1 aliphatic rings. The van der Waals surface area contributed by atoms with Gasteiger partial charge in [0.05, 0.1) is 29.6 Å². The summed E-state index contributed by atoms with van der Waals surface area (Å²) < 4.78 is 5.26. The maximum absolute atomic E-state index is 12.8. The molecular weight excluding hydrogens is 348 g/mol. The summed E-state index contributed by atoms with van der Waals surface area (Å²) in [6.45, 7) is 3.74. The average molecular weight is 368 g/mol. The number of aryl methyl sites for hydroxylation is 1. The van der Waals surface area contributed by atoms with Crippen LogP contribution in [0.5, 0.6) is 5.75 Å². The summed E-state index contributed by atoms with van der Waals surface area (Å²) in [6.07, 6.45) is 0.925. The quantitative estimate of drug-likeness (QED) is 0.769. The average Bonchev–Trinajstić information content (AvgIpc) is 3.01. The van der Waals surface area contributed by atoms with Gasteiger partial charge in [-0.2, -0.15) is 0 Å². The number of hydrogen-bond donors (Lipinski definition) is 1. The van der Waals surface area contributed by atoms with E-state index in [1.54, 1.807) is 18.4 Å². The summed E-state index contributed by atoms with van der Waals surface area (Å²) in [5, 5.41) is 4.47. The second kappa shape index (κ2) is 6.66. The van der Waals surface area contributed by atoms with Gasteiger partial charge in [0.25, 0.3) is 5.91 Å². The number of nitrogens with one attached hydrogen (secondary N) is 1. The molecule has 0 spiro atoms. The summed E-state index contributed by atoms with van der Waals surface area (Å²) in [4.78, 5) is 25.4. The number of carbonyl (C=O) groups excluding carboxylic acids is 1. The number of nitrogens with zero attached hydrogens (tertiary/aromatic N) is 3. The molecule has 0 atom stereocenters. The topological polar surface area (TPSA) is 67.3 Å². The zero-order valence-electron chi connectivity index (χ0n) is 15.0. The van der Waals surface area contributed by atoms with Gasteiger partial charge in [-0.25, -0.2) is 4.98 Å². The molecule has 0 aliphatic carbocycles. The van der Waals surface area contributed by atoms with Gasteiger partial charge in [0.15, 0.2) is 5.13 Å². The van der Waals surface area contributed by atoms with Gasteiger partial charge in [0, 0.05) is 29.8 Å². The van der Waals surface area contributed by atoms with Crippen molar-refractivity contribution in [3.8, 4) is 5.75 Å². The van der Waals surface area contributed by atoms with Crippen LogP contribution in [0.3, 0.4) is 0 Å². The molecule has 7 heteroatoms. The Morgan fingerprint density at radius 1 is 1.31 bits per heavy atom. The van der Waals surface area contributed by atoms with Crippen molar-refractivity contribution < 1.29 is 9.53 Å². The van der Waals surface area contributed by atoms with Crippen LogP contribution in [0.4, 0.5) is 5.13 Å². The fourth-order valence-electron chi connectivity index (χ4n) is 3.15. The van der Waals surface area contributed by atoms with Crippen LogP contribution in [-0.2, 0) is 13.0 Å². The van der Waals surface area contributed by atoms with Gasteiger partial charge in [-0.15, -0.1) is 11.3 Å². The summed E-state index contributed by atoms with van der Waals surface area (Å²) in [7, 11) is 3.72. The van der Waals surface area contributed by atoms with E-state index in [1.807, 2.05) is 31.2 Å². The third-order valence-electron chi connectivity index (χ3n) is 4.60. The zero-order chi connectivity index (χ0) is 18.3. The van der Waals surface area contributed by atoms with Crippen LogP contribution in [0.15, 0.2) is 24.3 Å². The number of rotatable bonds is 3. The molecule has 0 bridgehead atoms. The molecule has 0 saturated carbocycles. The normalized spacial score (nSPS) is 14.3. The predicted octanol–water partition coefficient (Wildman–Crippen LogP) is 3.25. The number of pyridine rings is 1. The second-order valence-corrected chi connectivity index (χ2v) is 7.59. The van der Waals surface area contributed by atoms with E-state index >= 15 is 0 Å². The first-order valence-electron chi connectivity index (χ1n) is 8.47. The molecule has 0 fully saturated rings. The second-order valence-electron chi connectivity index (χ2n) is 6.51. The van der Waals surface area contributed by atoms with E-state index in [9.17, 15) is 4.79 Å². The Bertz CT molecular complexity index is 999. The molecule has 134 valence electrons. The lowest BCUT2D eigenvalue weighted by Crippen LogP contribution is -2.25. The lowest BCUT2D eigenvalue weighted by atomic mass is 10.1. The van der Waals surface area contributed by atoms with Gasteiger partial charge in [-0.1, -0.05) is 0 Å². The summed E-state index contributed by atoms with van der Waals surface area (Å²) in [6, 6.07) is 7.51. The van der Waals surface area contributed by atoms with Crippen molar-refractivity contribution >= 4 is 33.3 Å². The number of benzene rings is 1. The van der Waals surface area contributed by atoms with Crippen LogP contribution in [0.25, 0.3) is 10.9 Å². The number of anilines is 1. The minimum absolute atomic E-state index is 0.181. The summed E-state index contributed by atoms with van der Waals surface area (Å²) in [5.41, 5.74) is 3.19. The molecule has 1 aliphatic heterocycles. The SMILES string of the molecule is COc1ccc2nc(C)c(C(=O)Nc3nc4c(s3)CN(C)CC4)cc2c1. The highest BCUT2D eigenvalue weighted by atomic mass is 32.1. The highest BCUT2D eigenvalue weighted by Crippen LogP contribution is 2.28. The Balaban J connectivity index is 1.62. The molecule has 1 amide bonds. The molecule has 1 aromatic carbocycles. The Labute approximate surface area is 155 Å². The standard InChI is InChI=1S/C19H20N4O2S/c1-11-14(9-12-8-13(25-3)4-5-15(12)20-11)18(24)22-19-21-16-6-7-23(2)10-17(16)26-19/h4-5,8-9H,6-7,10H2,1-3H3,(H,21,22,24). The molecule has 1 N–H and O–H groups in total. The number of fused-ring (bicyclic) bond motifs is 2. The Morgan fingerprint density at radius 3 is 2.96 bits per heavy atom. The van der Waals surface area contributed by atoms with Crippen molar-refractivity contribution in [1.82, 2.24) is 14.9 Å². The zero-order valence-corrected chi connectivity index (χ0v) is 15.8. The number of aromatic nitrogens is 2. The number of methoxy groups -OCH3 is 1. The molecule has 2 aromatic heterocycles. The minimum atomic E-state index is -0.181. The van der Waals surface area contributed by atoms with Crippen LogP contribution < -0.4 is 10.1 Å². The van der Waals surface area contributed by atoms with Crippen molar-refractivity contribution in [2.45, 2.75) is 19.9 Å². The van der Waals surface area contributed by atoms with Crippen LogP contribution in [-0.4, -0.2) is 41.5 Å². The number of hydrogen-bond acceptors (Lipinski definition) is 6. The van der Waals surface area contributed by atoms with Crippen molar-refractivity contribution in [3.05, 3.63) is 46.1 Å². The third-order valence-corrected chi connectivity index (χ3v) is 5.60. The lowest BCUT2D eigenvalue weighted by molar-refractivity contribution is 0.102. The van der Waals surface area contributed by atoms with Crippen molar-refractivity contribution in [1.29, 1.82) is 0 Å². The molecular formula is C19H20N4O2S. The molecule has 3 aromatic rings. The van der Waals surface area contributed by atoms with Gasteiger partial charge in [-0.3, -0.25) is 15.1 Å². The number of likely N-dealkylation sites (N-methyl/N-ethyl adjacent to an activating group) is 1. The highest BCUT2D eigenvalue weighted by Gasteiger charge is 2.20. The molecule has 0 saturated heterocycles. The van der Waals surface area contributed by atoms with Crippen molar-refractivity contribution in [2.75, 3.05) is 26.0 Å². The van der Waals surface area contributed by atoms with Gasteiger partial charge >= 0.3 is 0 Å². The lowest BCUT2D eigenvalue weighted by Gasteiger charge is -2.20. The molecule has 3 heterocycles. The van der Waals surface area contributed by atoms with Crippen molar-refractivity contribution in [3.63, 3.8) is 0 Å². The number of carbonyl (C=O) groups is 1. The molecule has 0 unspecified atom stereocenters. The molecule has 4 rings (SSSR count). The van der Waals surface area contributed by atoms with Crippen LogP contribution in [0.1, 0.15) is 26.6 Å². The first-order valence-corrected chi connectivity index (χ1v) is 9.29. The van der Waals surface area contributed by atoms with Gasteiger partial charge in [-0.05, 0) is 38.2 Å². The molecule has 26 heavy (non-hydrogen) atoms. The van der Waals surface area contributed by atoms with E-state index in [4.69, 9.17) is 4.74 Å². The van der Waals surface area contributed by atoms with E-state index in [2.05, 4.69) is 27.2 Å². The minimum Gasteiger partial charge on any atom is -0.497 e. The summed E-state index contributed by atoms with van der Waals surface area (Å²) in [5.74, 6) is 0.561. The Morgan fingerprint density at radius 2 is 2.15 bits per heavy atom. The van der Waals surface area contributed by atoms with E-state index in [1.165, 1.54) is 4.88 Å². The van der Waals surface area contributed by atoms with Gasteiger partial charge in [0.1, 0.15) is 5.75 Å². The summed E-state index contributed by atoms with van der Waals surface area (Å²) >= 11 is 1.55. The molecule has 6 nitrogen and oxygen atoms in total. The maximum atomic E-state index is 12.8. The predicted molar refractivity (Wildman–Crippen MR) is 103 cm³/mol. The van der Waals surface area contributed by atoms with E-state index in [-0.39, 0.29) is 5.91 Å². The van der Waals surface area contributed by atoms with E-state index in [0.717, 1.165) is 41.9 Å². The fourth-order valence-corrected chi connectivity index (χ4v) is 4.23. The maximum Gasteiger partial charge on any atom is 0.259 e. The highest BCUT2D eigenvalue weighted by molar-refractivity contribution is 7.15. The van der Waals surface area contributed by atoms with Crippen LogP contribution in [0.2, 0.25) is 0 Å². The molecule has 0 radical (unpaired) electrons. The largest absolute Gasteiger partial charge is 0.497 e. The Hall–Kier alpha value is -2.51. The third kappa shape index (κ3) is 3.15. The first-order chi connectivity index (χ1) is 12.5. The Kier molecular flexibility index (Phi) is 4.34.